The Morgan fingerprint density at radius 2 is 2.00 bits per heavy atom. The number of ether oxygens (including phenoxy) is 1. The number of nitrogens with one attached hydrogen (secondary N) is 1. The molecule has 1 unspecified atom stereocenters. The van der Waals surface area contributed by atoms with Gasteiger partial charge in [-0.25, -0.2) is 4.79 Å². The van der Waals surface area contributed by atoms with Crippen LogP contribution in [0.4, 0.5) is 0 Å². The molecule has 0 aliphatic heterocycles. The summed E-state index contributed by atoms with van der Waals surface area (Å²) in [7, 11) is 0. The van der Waals surface area contributed by atoms with Crippen molar-refractivity contribution < 1.29 is 19.4 Å². The first kappa shape index (κ1) is 17.3. The molecule has 1 aromatic carbocycles. The van der Waals surface area contributed by atoms with Gasteiger partial charge in [0.25, 0.3) is 0 Å². The van der Waals surface area contributed by atoms with Crippen molar-refractivity contribution in [2.45, 2.75) is 38.6 Å². The minimum atomic E-state index is -1.00. The first-order chi connectivity index (χ1) is 10.0. The molecule has 0 heterocycles. The lowest BCUT2D eigenvalue weighted by molar-refractivity contribution is -0.142. The molecule has 0 saturated heterocycles. The maximum atomic E-state index is 11.7. The Bertz CT molecular complexity index is 461. The standard InChI is InChI=1S/C15H20ClNO4/c1-2-3-4-13(15(19)20)17-14(18)9-10-21-12-7-5-11(16)6-8-12/h5-8,13H,2-4,9-10H2,1H3,(H,17,18)(H,19,20). The number of carbonyl (C=O) groups is 2. The third-order valence-corrected chi connectivity index (χ3v) is 3.14. The zero-order valence-corrected chi connectivity index (χ0v) is 12.7. The molecule has 0 spiro atoms. The van der Waals surface area contributed by atoms with Crippen molar-refractivity contribution in [3.8, 4) is 5.75 Å². The summed E-state index contributed by atoms with van der Waals surface area (Å²) in [5.74, 6) is -0.712. The van der Waals surface area contributed by atoms with Crippen LogP contribution in [0.25, 0.3) is 0 Å². The van der Waals surface area contributed by atoms with Crippen LogP contribution in [0.15, 0.2) is 24.3 Å². The van der Waals surface area contributed by atoms with Crippen LogP contribution in [0.2, 0.25) is 5.02 Å². The highest BCUT2D eigenvalue weighted by molar-refractivity contribution is 6.30. The molecule has 5 nitrogen and oxygen atoms in total. The molecule has 6 heteroatoms. The highest BCUT2D eigenvalue weighted by Gasteiger charge is 2.18. The molecule has 1 amide bonds. The van der Waals surface area contributed by atoms with Gasteiger partial charge < -0.3 is 15.2 Å². The van der Waals surface area contributed by atoms with Crippen molar-refractivity contribution in [1.29, 1.82) is 0 Å². The number of halogens is 1. The minimum absolute atomic E-state index is 0.110. The number of hydrogen-bond acceptors (Lipinski definition) is 3. The molecule has 0 aliphatic rings. The van der Waals surface area contributed by atoms with Crippen LogP contribution in [0.1, 0.15) is 32.6 Å². The fraction of sp³-hybridized carbons (Fsp3) is 0.467. The zero-order valence-electron chi connectivity index (χ0n) is 12.0. The molecule has 0 fully saturated rings. The number of aliphatic carboxylic acids is 1. The predicted octanol–water partition coefficient (Wildman–Crippen LogP) is 2.87. The quantitative estimate of drug-likeness (QED) is 0.735. The number of hydrogen-bond donors (Lipinski definition) is 2. The van der Waals surface area contributed by atoms with Crippen LogP contribution in [-0.2, 0) is 9.59 Å². The van der Waals surface area contributed by atoms with Crippen molar-refractivity contribution in [2.75, 3.05) is 6.61 Å². The van der Waals surface area contributed by atoms with Gasteiger partial charge in [-0.15, -0.1) is 0 Å². The Morgan fingerprint density at radius 3 is 2.57 bits per heavy atom. The molecular weight excluding hydrogens is 294 g/mol. The summed E-state index contributed by atoms with van der Waals surface area (Å²) < 4.78 is 5.39. The second-order valence-electron chi connectivity index (χ2n) is 4.65. The van der Waals surface area contributed by atoms with E-state index in [1.165, 1.54) is 0 Å². The molecule has 1 rings (SSSR count). The summed E-state index contributed by atoms with van der Waals surface area (Å²) in [6.07, 6.45) is 2.20. The lowest BCUT2D eigenvalue weighted by Gasteiger charge is -2.14. The van der Waals surface area contributed by atoms with Crippen molar-refractivity contribution in [2.24, 2.45) is 0 Å². The van der Waals surface area contributed by atoms with E-state index >= 15 is 0 Å². The molecule has 0 saturated carbocycles. The molecule has 0 radical (unpaired) electrons. The summed E-state index contributed by atoms with van der Waals surface area (Å²) in [5.41, 5.74) is 0. The number of carbonyl (C=O) groups excluding carboxylic acids is 1. The van der Waals surface area contributed by atoms with Crippen molar-refractivity contribution >= 4 is 23.5 Å². The van der Waals surface area contributed by atoms with E-state index in [1.54, 1.807) is 24.3 Å². The summed E-state index contributed by atoms with van der Waals surface area (Å²) in [4.78, 5) is 22.7. The Morgan fingerprint density at radius 1 is 1.33 bits per heavy atom. The first-order valence-electron chi connectivity index (χ1n) is 6.93. The van der Waals surface area contributed by atoms with Gasteiger partial charge in [0.1, 0.15) is 11.8 Å². The smallest absolute Gasteiger partial charge is 0.326 e. The number of carboxylic acid groups (broad SMARTS) is 1. The maximum Gasteiger partial charge on any atom is 0.326 e. The van der Waals surface area contributed by atoms with Crippen LogP contribution >= 0.6 is 11.6 Å². The Kier molecular flexibility index (Phi) is 7.61. The lowest BCUT2D eigenvalue weighted by Crippen LogP contribution is -2.41. The van der Waals surface area contributed by atoms with Crippen LogP contribution in [0.5, 0.6) is 5.75 Å². The predicted molar refractivity (Wildman–Crippen MR) is 80.7 cm³/mol. The highest BCUT2D eigenvalue weighted by Crippen LogP contribution is 2.15. The average molecular weight is 314 g/mol. The van der Waals surface area contributed by atoms with Gasteiger partial charge in [-0.1, -0.05) is 31.4 Å². The Balaban J connectivity index is 2.32. The Hall–Kier alpha value is -1.75. The van der Waals surface area contributed by atoms with Gasteiger partial charge in [-0.2, -0.15) is 0 Å². The number of unbranched alkanes of at least 4 members (excludes halogenated alkanes) is 1. The second kappa shape index (κ2) is 9.23. The van der Waals surface area contributed by atoms with E-state index in [1.807, 2.05) is 6.92 Å². The molecule has 1 aromatic rings. The summed E-state index contributed by atoms with van der Waals surface area (Å²) in [5, 5.41) is 12.1. The van der Waals surface area contributed by atoms with Gasteiger partial charge in [0, 0.05) is 5.02 Å². The van der Waals surface area contributed by atoms with Crippen LogP contribution in [0.3, 0.4) is 0 Å². The number of benzene rings is 1. The van der Waals surface area contributed by atoms with Crippen LogP contribution < -0.4 is 10.1 Å². The van der Waals surface area contributed by atoms with E-state index < -0.39 is 12.0 Å². The van der Waals surface area contributed by atoms with E-state index in [4.69, 9.17) is 21.4 Å². The molecule has 116 valence electrons. The molecule has 21 heavy (non-hydrogen) atoms. The monoisotopic (exact) mass is 313 g/mol. The Labute approximate surface area is 129 Å². The normalized spacial score (nSPS) is 11.7. The van der Waals surface area contributed by atoms with Gasteiger partial charge in [0.05, 0.1) is 13.0 Å². The maximum absolute atomic E-state index is 11.7. The van der Waals surface area contributed by atoms with Crippen molar-refractivity contribution in [3.05, 3.63) is 29.3 Å². The van der Waals surface area contributed by atoms with E-state index in [-0.39, 0.29) is 18.9 Å². The number of carboxylic acids is 1. The van der Waals surface area contributed by atoms with Gasteiger partial charge in [-0.3, -0.25) is 4.79 Å². The topological polar surface area (TPSA) is 75.6 Å². The van der Waals surface area contributed by atoms with E-state index in [9.17, 15) is 9.59 Å². The van der Waals surface area contributed by atoms with Gasteiger partial charge in [0.15, 0.2) is 0 Å². The van der Waals surface area contributed by atoms with E-state index in [0.717, 1.165) is 12.8 Å². The van der Waals surface area contributed by atoms with Gasteiger partial charge in [-0.05, 0) is 30.7 Å². The third-order valence-electron chi connectivity index (χ3n) is 2.89. The fourth-order valence-corrected chi connectivity index (χ4v) is 1.85. The molecular formula is C15H20ClNO4. The highest BCUT2D eigenvalue weighted by atomic mass is 35.5. The van der Waals surface area contributed by atoms with Gasteiger partial charge >= 0.3 is 5.97 Å². The lowest BCUT2D eigenvalue weighted by atomic mass is 10.1. The largest absolute Gasteiger partial charge is 0.493 e. The summed E-state index contributed by atoms with van der Waals surface area (Å²) >= 11 is 5.75. The molecule has 1 atom stereocenters. The van der Waals surface area contributed by atoms with E-state index in [0.29, 0.717) is 17.2 Å². The minimum Gasteiger partial charge on any atom is -0.493 e. The molecule has 2 N–H and O–H groups in total. The SMILES string of the molecule is CCCCC(NC(=O)CCOc1ccc(Cl)cc1)C(=O)O. The number of amides is 1. The average Bonchev–Trinajstić information content (AvgIpc) is 2.45. The van der Waals surface area contributed by atoms with Gasteiger partial charge in [0.2, 0.25) is 5.91 Å². The van der Waals surface area contributed by atoms with Crippen LogP contribution in [-0.4, -0.2) is 29.6 Å². The van der Waals surface area contributed by atoms with E-state index in [2.05, 4.69) is 5.32 Å². The third kappa shape index (κ3) is 6.99. The second-order valence-corrected chi connectivity index (χ2v) is 5.09. The van der Waals surface area contributed by atoms with Crippen molar-refractivity contribution in [1.82, 2.24) is 5.32 Å². The first-order valence-corrected chi connectivity index (χ1v) is 7.31. The molecule has 0 bridgehead atoms. The fourth-order valence-electron chi connectivity index (χ4n) is 1.72. The summed E-state index contributed by atoms with van der Waals surface area (Å²) in [6, 6.07) is 5.99. The zero-order chi connectivity index (χ0) is 15.7. The summed E-state index contributed by atoms with van der Waals surface area (Å²) in [6.45, 7) is 2.16. The van der Waals surface area contributed by atoms with Crippen LogP contribution in [0, 0.1) is 0 Å². The number of rotatable bonds is 9. The van der Waals surface area contributed by atoms with Crippen molar-refractivity contribution in [3.63, 3.8) is 0 Å². The molecule has 0 aliphatic carbocycles. The molecule has 0 aromatic heterocycles.